The van der Waals surface area contributed by atoms with E-state index in [0.29, 0.717) is 12.8 Å². The lowest BCUT2D eigenvalue weighted by molar-refractivity contribution is -0.135. The molecule has 0 N–H and O–H groups in total. The van der Waals surface area contributed by atoms with Crippen LogP contribution in [0.2, 0.25) is 0 Å². The Morgan fingerprint density at radius 3 is 2.64 bits per heavy atom. The van der Waals surface area contributed by atoms with E-state index in [1.54, 1.807) is 0 Å². The van der Waals surface area contributed by atoms with Gasteiger partial charge in [-0.2, -0.15) is 0 Å². The molecule has 120 valence electrons. The third-order valence-corrected chi connectivity index (χ3v) is 3.66. The molecule has 6 heteroatoms. The summed E-state index contributed by atoms with van der Waals surface area (Å²) in [5.74, 6) is -0.262. The predicted octanol–water partition coefficient (Wildman–Crippen LogP) is 1.98. The maximum atomic E-state index is 12.3. The molecule has 1 atom stereocenters. The zero-order valence-corrected chi connectivity index (χ0v) is 12.9. The highest BCUT2D eigenvalue weighted by molar-refractivity contribution is 5.93. The van der Waals surface area contributed by atoms with Gasteiger partial charge in [-0.15, -0.1) is 0 Å². The molecule has 0 aromatic heterocycles. The average Bonchev–Trinajstić information content (AvgIpc) is 2.90. The second kappa shape index (κ2) is 7.91. The van der Waals surface area contributed by atoms with Crippen LogP contribution in [0.4, 0.5) is 4.79 Å². The fraction of sp³-hybridized carbons (Fsp3) is 0.500. The summed E-state index contributed by atoms with van der Waals surface area (Å²) in [6.07, 6.45) is 0.143. The minimum Gasteiger partial charge on any atom is -0.447 e. The molecule has 1 fully saturated rings. The molecule has 0 saturated carbocycles. The van der Waals surface area contributed by atoms with E-state index in [0.717, 1.165) is 5.56 Å². The first-order valence-electron chi connectivity index (χ1n) is 7.24. The van der Waals surface area contributed by atoms with E-state index >= 15 is 0 Å². The van der Waals surface area contributed by atoms with Gasteiger partial charge in [0, 0.05) is 27.1 Å². The van der Waals surface area contributed by atoms with E-state index in [4.69, 9.17) is 14.2 Å². The standard InChI is InChI=1S/C16H21NO5/c1-20-15(21-2)9-8-14(18)17-13(11-22-16(17)19)10-12-6-4-3-5-7-12/h3-7,13,15H,8-11H2,1-2H3/t13-/m0/s1. The zero-order chi connectivity index (χ0) is 15.9. The number of methoxy groups -OCH3 is 2. The third-order valence-electron chi connectivity index (χ3n) is 3.66. The van der Waals surface area contributed by atoms with Crippen molar-refractivity contribution >= 4 is 12.0 Å². The molecule has 1 heterocycles. The van der Waals surface area contributed by atoms with Crippen LogP contribution in [-0.2, 0) is 25.4 Å². The molecule has 0 unspecified atom stereocenters. The summed E-state index contributed by atoms with van der Waals surface area (Å²) in [6, 6.07) is 9.47. The van der Waals surface area contributed by atoms with Crippen molar-refractivity contribution in [3.05, 3.63) is 35.9 Å². The minimum atomic E-state index is -0.572. The van der Waals surface area contributed by atoms with E-state index in [2.05, 4.69) is 0 Å². The van der Waals surface area contributed by atoms with E-state index < -0.39 is 12.4 Å². The van der Waals surface area contributed by atoms with Gasteiger partial charge in [-0.05, 0) is 12.0 Å². The number of nitrogens with zero attached hydrogens (tertiary/aromatic N) is 1. The molecular weight excluding hydrogens is 286 g/mol. The Morgan fingerprint density at radius 1 is 1.32 bits per heavy atom. The van der Waals surface area contributed by atoms with Crippen molar-refractivity contribution < 1.29 is 23.8 Å². The molecule has 1 saturated heterocycles. The fourth-order valence-electron chi connectivity index (χ4n) is 2.50. The Labute approximate surface area is 129 Å². The van der Waals surface area contributed by atoms with E-state index in [1.807, 2.05) is 30.3 Å². The van der Waals surface area contributed by atoms with Crippen molar-refractivity contribution in [2.24, 2.45) is 0 Å². The Bertz CT molecular complexity index is 501. The highest BCUT2D eigenvalue weighted by atomic mass is 16.7. The lowest BCUT2D eigenvalue weighted by atomic mass is 10.1. The van der Waals surface area contributed by atoms with Gasteiger partial charge in [-0.3, -0.25) is 4.79 Å². The number of rotatable bonds is 7. The predicted molar refractivity (Wildman–Crippen MR) is 79.2 cm³/mol. The van der Waals surface area contributed by atoms with Crippen LogP contribution in [0.3, 0.4) is 0 Å². The van der Waals surface area contributed by atoms with Crippen molar-refractivity contribution in [3.63, 3.8) is 0 Å². The molecule has 0 spiro atoms. The monoisotopic (exact) mass is 307 g/mol. The smallest absolute Gasteiger partial charge is 0.416 e. The van der Waals surface area contributed by atoms with Crippen LogP contribution >= 0.6 is 0 Å². The number of carbonyl (C=O) groups is 2. The number of carbonyl (C=O) groups excluding carboxylic acids is 2. The number of imide groups is 1. The summed E-state index contributed by atoms with van der Waals surface area (Å²) >= 11 is 0. The van der Waals surface area contributed by atoms with E-state index in [1.165, 1.54) is 19.1 Å². The van der Waals surface area contributed by atoms with Crippen molar-refractivity contribution in [1.29, 1.82) is 0 Å². The number of benzene rings is 1. The lowest BCUT2D eigenvalue weighted by Crippen LogP contribution is -2.40. The van der Waals surface area contributed by atoms with Gasteiger partial charge < -0.3 is 14.2 Å². The Hall–Kier alpha value is -1.92. The molecule has 1 aromatic carbocycles. The molecule has 1 aliphatic heterocycles. The lowest BCUT2D eigenvalue weighted by Gasteiger charge is -2.20. The molecule has 0 aliphatic carbocycles. The Morgan fingerprint density at radius 2 is 2.00 bits per heavy atom. The number of cyclic esters (lactones) is 1. The summed E-state index contributed by atoms with van der Waals surface area (Å²) in [5.41, 5.74) is 1.07. The molecule has 2 amide bonds. The Balaban J connectivity index is 1.97. The number of amides is 2. The van der Waals surface area contributed by atoms with Gasteiger partial charge in [0.1, 0.15) is 6.61 Å². The maximum Gasteiger partial charge on any atom is 0.416 e. The quantitative estimate of drug-likeness (QED) is 0.721. The van der Waals surface area contributed by atoms with Gasteiger partial charge in [-0.1, -0.05) is 30.3 Å². The summed E-state index contributed by atoms with van der Waals surface area (Å²) in [7, 11) is 3.03. The van der Waals surface area contributed by atoms with Gasteiger partial charge >= 0.3 is 6.09 Å². The molecule has 1 aliphatic rings. The first kappa shape index (κ1) is 16.5. The van der Waals surface area contributed by atoms with E-state index in [-0.39, 0.29) is 25.0 Å². The summed E-state index contributed by atoms with van der Waals surface area (Å²) in [4.78, 5) is 25.3. The first-order valence-corrected chi connectivity index (χ1v) is 7.24. The number of hydrogen-bond acceptors (Lipinski definition) is 5. The largest absolute Gasteiger partial charge is 0.447 e. The summed E-state index contributed by atoms with van der Waals surface area (Å²) in [6.45, 7) is 0.234. The second-order valence-electron chi connectivity index (χ2n) is 5.12. The van der Waals surface area contributed by atoms with Crippen LogP contribution in [0.1, 0.15) is 18.4 Å². The van der Waals surface area contributed by atoms with Gasteiger partial charge in [0.15, 0.2) is 6.29 Å². The van der Waals surface area contributed by atoms with Crippen LogP contribution in [-0.4, -0.2) is 50.1 Å². The highest BCUT2D eigenvalue weighted by Gasteiger charge is 2.37. The SMILES string of the molecule is COC(CCC(=O)N1C(=O)OC[C@@H]1Cc1ccccc1)OC. The Kier molecular flexibility index (Phi) is 5.91. The summed E-state index contributed by atoms with van der Waals surface area (Å²) < 4.78 is 15.1. The molecule has 1 aromatic rings. The van der Waals surface area contributed by atoms with Crippen molar-refractivity contribution in [2.75, 3.05) is 20.8 Å². The molecule has 22 heavy (non-hydrogen) atoms. The first-order chi connectivity index (χ1) is 10.7. The van der Waals surface area contributed by atoms with Crippen molar-refractivity contribution in [3.8, 4) is 0 Å². The second-order valence-corrected chi connectivity index (χ2v) is 5.12. The van der Waals surface area contributed by atoms with Gasteiger partial charge in [-0.25, -0.2) is 9.69 Å². The van der Waals surface area contributed by atoms with Crippen LogP contribution in [0, 0.1) is 0 Å². The summed E-state index contributed by atoms with van der Waals surface area (Å²) in [5, 5.41) is 0. The third kappa shape index (κ3) is 4.05. The van der Waals surface area contributed by atoms with Gasteiger partial charge in [0.2, 0.25) is 5.91 Å². The topological polar surface area (TPSA) is 65.1 Å². The van der Waals surface area contributed by atoms with E-state index in [9.17, 15) is 9.59 Å². The number of ether oxygens (including phenoxy) is 3. The van der Waals surface area contributed by atoms with Crippen LogP contribution < -0.4 is 0 Å². The molecule has 0 bridgehead atoms. The molecular formula is C16H21NO5. The fourth-order valence-corrected chi connectivity index (χ4v) is 2.50. The maximum absolute atomic E-state index is 12.3. The molecule has 2 rings (SSSR count). The van der Waals surface area contributed by atoms with Crippen LogP contribution in [0.5, 0.6) is 0 Å². The molecule has 0 radical (unpaired) electrons. The van der Waals surface area contributed by atoms with Crippen LogP contribution in [0.15, 0.2) is 30.3 Å². The number of hydrogen-bond donors (Lipinski definition) is 0. The van der Waals surface area contributed by atoms with Gasteiger partial charge in [0.25, 0.3) is 0 Å². The zero-order valence-electron chi connectivity index (χ0n) is 12.9. The minimum absolute atomic E-state index is 0.173. The van der Waals surface area contributed by atoms with Crippen molar-refractivity contribution in [2.45, 2.75) is 31.6 Å². The van der Waals surface area contributed by atoms with Crippen LogP contribution in [0.25, 0.3) is 0 Å². The molecule has 6 nitrogen and oxygen atoms in total. The van der Waals surface area contributed by atoms with Gasteiger partial charge in [0.05, 0.1) is 6.04 Å². The highest BCUT2D eigenvalue weighted by Crippen LogP contribution is 2.19. The van der Waals surface area contributed by atoms with Crippen molar-refractivity contribution in [1.82, 2.24) is 4.90 Å². The normalized spacial score (nSPS) is 17.9. The average molecular weight is 307 g/mol.